The number of hydrogen-bond donors (Lipinski definition) is 1. The Labute approximate surface area is 148 Å². The zero-order valence-corrected chi connectivity index (χ0v) is 14.7. The number of benzene rings is 2. The number of sulfonamides is 1. The van der Waals surface area contributed by atoms with E-state index in [2.05, 4.69) is 9.46 Å². The highest BCUT2D eigenvalue weighted by Crippen LogP contribution is 2.26. The molecule has 25 heavy (non-hydrogen) atoms. The van der Waals surface area contributed by atoms with Crippen molar-refractivity contribution in [2.24, 2.45) is 0 Å². The van der Waals surface area contributed by atoms with Gasteiger partial charge in [0.2, 0.25) is 0 Å². The number of carbonyl (C=O) groups is 1. The van der Waals surface area contributed by atoms with E-state index < -0.39 is 20.9 Å². The molecular formula is C15H13ClN2O6S. The SMILES string of the molecule is COC(=O)c1cc(NS(=O)(=O)c2ccc(C)c([N+](=O)[O-])c2)ccc1Cl. The summed E-state index contributed by atoms with van der Waals surface area (Å²) in [4.78, 5) is 21.7. The first-order valence-electron chi connectivity index (χ1n) is 6.81. The molecule has 0 aliphatic heterocycles. The molecule has 132 valence electrons. The van der Waals surface area contributed by atoms with Crippen LogP contribution in [-0.4, -0.2) is 26.4 Å². The molecule has 0 spiro atoms. The predicted molar refractivity (Wildman–Crippen MR) is 91.4 cm³/mol. The van der Waals surface area contributed by atoms with Crippen molar-refractivity contribution in [3.63, 3.8) is 0 Å². The smallest absolute Gasteiger partial charge is 0.339 e. The molecule has 0 aromatic heterocycles. The number of nitrogens with zero attached hydrogens (tertiary/aromatic N) is 1. The molecule has 0 heterocycles. The Kier molecular flexibility index (Phi) is 5.29. The highest BCUT2D eigenvalue weighted by molar-refractivity contribution is 7.92. The summed E-state index contributed by atoms with van der Waals surface area (Å²) in [5.41, 5.74) is 0.0740. The van der Waals surface area contributed by atoms with Crippen LogP contribution in [0.5, 0.6) is 0 Å². The summed E-state index contributed by atoms with van der Waals surface area (Å²) in [7, 11) is -2.93. The van der Waals surface area contributed by atoms with Crippen LogP contribution in [0.4, 0.5) is 11.4 Å². The summed E-state index contributed by atoms with van der Waals surface area (Å²) in [6.07, 6.45) is 0. The second kappa shape index (κ2) is 7.08. The minimum atomic E-state index is -4.10. The van der Waals surface area contributed by atoms with E-state index in [4.69, 9.17) is 11.6 Å². The number of ether oxygens (including phenoxy) is 1. The van der Waals surface area contributed by atoms with Crippen LogP contribution in [0, 0.1) is 17.0 Å². The lowest BCUT2D eigenvalue weighted by Gasteiger charge is -2.10. The van der Waals surface area contributed by atoms with Crippen LogP contribution in [0.1, 0.15) is 15.9 Å². The zero-order chi connectivity index (χ0) is 18.8. The zero-order valence-electron chi connectivity index (χ0n) is 13.1. The molecule has 0 fully saturated rings. The van der Waals surface area contributed by atoms with Crippen molar-refractivity contribution in [1.82, 2.24) is 0 Å². The first kappa shape index (κ1) is 18.7. The highest BCUT2D eigenvalue weighted by Gasteiger charge is 2.21. The lowest BCUT2D eigenvalue weighted by molar-refractivity contribution is -0.385. The third-order valence-corrected chi connectivity index (χ3v) is 5.02. The maximum Gasteiger partial charge on any atom is 0.339 e. The van der Waals surface area contributed by atoms with Gasteiger partial charge in [-0.1, -0.05) is 17.7 Å². The fraction of sp³-hybridized carbons (Fsp3) is 0.133. The lowest BCUT2D eigenvalue weighted by atomic mass is 10.2. The number of nitro benzene ring substituents is 1. The van der Waals surface area contributed by atoms with E-state index in [0.29, 0.717) is 5.56 Å². The van der Waals surface area contributed by atoms with Crippen molar-refractivity contribution in [3.8, 4) is 0 Å². The van der Waals surface area contributed by atoms with E-state index in [1.54, 1.807) is 0 Å². The minimum absolute atomic E-state index is 0.0146. The molecule has 1 N–H and O–H groups in total. The quantitative estimate of drug-likeness (QED) is 0.481. The molecule has 0 saturated carbocycles. The van der Waals surface area contributed by atoms with Gasteiger partial charge in [-0.25, -0.2) is 13.2 Å². The fourth-order valence-electron chi connectivity index (χ4n) is 2.02. The molecule has 2 aromatic rings. The Morgan fingerprint density at radius 1 is 1.24 bits per heavy atom. The van der Waals surface area contributed by atoms with E-state index in [-0.39, 0.29) is 26.9 Å². The lowest BCUT2D eigenvalue weighted by Crippen LogP contribution is -2.14. The van der Waals surface area contributed by atoms with Crippen molar-refractivity contribution < 1.29 is 22.9 Å². The summed E-state index contributed by atoms with van der Waals surface area (Å²) in [5.74, 6) is -0.725. The molecule has 10 heteroatoms. The van der Waals surface area contributed by atoms with Gasteiger partial charge in [-0.15, -0.1) is 0 Å². The number of halogens is 1. The standard InChI is InChI=1S/C15H13ClN2O6S/c1-9-3-5-11(8-14(9)18(20)21)25(22,23)17-10-4-6-13(16)12(7-10)15(19)24-2/h3-8,17H,1-2H3. The van der Waals surface area contributed by atoms with Gasteiger partial charge in [0, 0.05) is 17.3 Å². The maximum absolute atomic E-state index is 12.4. The van der Waals surface area contributed by atoms with Crippen LogP contribution >= 0.6 is 11.6 Å². The van der Waals surface area contributed by atoms with Crippen molar-refractivity contribution in [3.05, 3.63) is 62.7 Å². The summed E-state index contributed by atoms with van der Waals surface area (Å²) < 4.78 is 31.7. The van der Waals surface area contributed by atoms with E-state index in [9.17, 15) is 23.3 Å². The Hall–Kier alpha value is -2.65. The summed E-state index contributed by atoms with van der Waals surface area (Å²) in [6.45, 7) is 1.50. The molecule has 0 bridgehead atoms. The van der Waals surface area contributed by atoms with Gasteiger partial charge < -0.3 is 4.74 Å². The molecule has 2 aromatic carbocycles. The summed E-state index contributed by atoms with van der Waals surface area (Å²) >= 11 is 5.88. The van der Waals surface area contributed by atoms with Crippen LogP contribution in [0.25, 0.3) is 0 Å². The summed E-state index contributed by atoms with van der Waals surface area (Å²) in [6, 6.07) is 7.47. The van der Waals surface area contributed by atoms with Gasteiger partial charge in [-0.3, -0.25) is 14.8 Å². The first-order valence-corrected chi connectivity index (χ1v) is 8.67. The highest BCUT2D eigenvalue weighted by atomic mass is 35.5. The number of aryl methyl sites for hydroxylation is 1. The first-order chi connectivity index (χ1) is 11.7. The predicted octanol–water partition coefficient (Wildman–Crippen LogP) is 3.14. The average molecular weight is 385 g/mol. The van der Waals surface area contributed by atoms with Crippen LogP contribution in [-0.2, 0) is 14.8 Å². The third kappa shape index (κ3) is 4.06. The fourth-order valence-corrected chi connectivity index (χ4v) is 3.29. The van der Waals surface area contributed by atoms with Crippen molar-refractivity contribution >= 4 is 39.0 Å². The van der Waals surface area contributed by atoms with Crippen LogP contribution in [0.3, 0.4) is 0 Å². The molecule has 0 amide bonds. The average Bonchev–Trinajstić information content (AvgIpc) is 2.55. The van der Waals surface area contributed by atoms with E-state index in [0.717, 1.165) is 6.07 Å². The Morgan fingerprint density at radius 2 is 1.92 bits per heavy atom. The molecule has 2 rings (SSSR count). The Morgan fingerprint density at radius 3 is 2.52 bits per heavy atom. The van der Waals surface area contributed by atoms with Gasteiger partial charge in [-0.05, 0) is 31.2 Å². The number of methoxy groups -OCH3 is 1. The number of rotatable bonds is 5. The molecule has 0 atom stereocenters. The number of hydrogen-bond acceptors (Lipinski definition) is 6. The molecule has 8 nitrogen and oxygen atoms in total. The van der Waals surface area contributed by atoms with Gasteiger partial charge in [0.1, 0.15) is 0 Å². The number of carbonyl (C=O) groups excluding carboxylic acids is 1. The molecule has 0 saturated heterocycles. The number of nitro groups is 1. The van der Waals surface area contributed by atoms with Crippen LogP contribution < -0.4 is 4.72 Å². The molecule has 0 radical (unpaired) electrons. The van der Waals surface area contributed by atoms with Gasteiger partial charge in [0.25, 0.3) is 15.7 Å². The van der Waals surface area contributed by atoms with Crippen molar-refractivity contribution in [2.45, 2.75) is 11.8 Å². The van der Waals surface area contributed by atoms with E-state index >= 15 is 0 Å². The normalized spacial score (nSPS) is 11.0. The summed E-state index contributed by atoms with van der Waals surface area (Å²) in [5, 5.41) is 11.1. The number of nitrogens with one attached hydrogen (secondary N) is 1. The second-order valence-electron chi connectivity index (χ2n) is 5.00. The Bertz CT molecular complexity index is 958. The monoisotopic (exact) mass is 384 g/mol. The van der Waals surface area contributed by atoms with Gasteiger partial charge in [0.05, 0.1) is 27.5 Å². The van der Waals surface area contributed by atoms with Crippen LogP contribution in [0.2, 0.25) is 5.02 Å². The van der Waals surface area contributed by atoms with E-state index in [1.807, 2.05) is 0 Å². The molecular weight excluding hydrogens is 372 g/mol. The van der Waals surface area contributed by atoms with Crippen molar-refractivity contribution in [2.75, 3.05) is 11.8 Å². The van der Waals surface area contributed by atoms with Crippen molar-refractivity contribution in [1.29, 1.82) is 0 Å². The largest absolute Gasteiger partial charge is 0.465 e. The van der Waals surface area contributed by atoms with Gasteiger partial charge in [0.15, 0.2) is 0 Å². The Balaban J connectivity index is 2.41. The van der Waals surface area contributed by atoms with Gasteiger partial charge >= 0.3 is 5.97 Å². The van der Waals surface area contributed by atoms with Crippen LogP contribution in [0.15, 0.2) is 41.3 Å². The topological polar surface area (TPSA) is 116 Å². The molecule has 0 aliphatic carbocycles. The minimum Gasteiger partial charge on any atom is -0.465 e. The van der Waals surface area contributed by atoms with E-state index in [1.165, 1.54) is 44.4 Å². The number of esters is 1. The molecule has 0 aliphatic rings. The molecule has 0 unspecified atom stereocenters. The number of anilines is 1. The third-order valence-electron chi connectivity index (χ3n) is 3.31. The van der Waals surface area contributed by atoms with Gasteiger partial charge in [-0.2, -0.15) is 0 Å². The second-order valence-corrected chi connectivity index (χ2v) is 7.09. The maximum atomic E-state index is 12.4.